The lowest BCUT2D eigenvalue weighted by Crippen LogP contribution is -2.44. The third kappa shape index (κ3) is 6.76. The van der Waals surface area contributed by atoms with Crippen LogP contribution in [-0.4, -0.2) is 59.7 Å². The first-order valence-corrected chi connectivity index (χ1v) is 13.5. The molecule has 1 heterocycles. The largest absolute Gasteiger partial charge is 0.417 e. The number of rotatable bonds is 9. The van der Waals surface area contributed by atoms with Gasteiger partial charge in [0.25, 0.3) is 0 Å². The first kappa shape index (κ1) is 23.2. The van der Waals surface area contributed by atoms with Gasteiger partial charge in [-0.2, -0.15) is 0 Å². The second-order valence-electron chi connectivity index (χ2n) is 9.55. The Hall–Kier alpha value is -1.08. The molecular weight excluding hydrogens is 366 g/mol. The van der Waals surface area contributed by atoms with Crippen molar-refractivity contribution >= 4 is 19.7 Å². The molecule has 2 rings (SSSR count). The molecular formula is C22H41N3O2Si. The number of nitrogen functional groups attached to an aromatic ring is 1. The SMILES string of the molecule is CN1CCN(c2ccc(N)cc2COCCCCO[Si](C)(C)C(C)(C)C)CC1. The Bertz CT molecular complexity index is 608. The van der Waals surface area contributed by atoms with Gasteiger partial charge in [0.1, 0.15) is 0 Å². The summed E-state index contributed by atoms with van der Waals surface area (Å²) in [5.74, 6) is 0. The van der Waals surface area contributed by atoms with E-state index in [0.717, 1.165) is 57.9 Å². The Labute approximate surface area is 173 Å². The number of nitrogens with two attached hydrogens (primary N) is 1. The van der Waals surface area contributed by atoms with E-state index in [4.69, 9.17) is 14.9 Å². The number of unbranched alkanes of at least 4 members (excludes halogenated alkanes) is 1. The van der Waals surface area contributed by atoms with Crippen molar-refractivity contribution in [3.8, 4) is 0 Å². The summed E-state index contributed by atoms with van der Waals surface area (Å²) in [6.07, 6.45) is 2.08. The van der Waals surface area contributed by atoms with Crippen LogP contribution in [0.4, 0.5) is 11.4 Å². The van der Waals surface area contributed by atoms with Gasteiger partial charge in [-0.25, -0.2) is 0 Å². The van der Waals surface area contributed by atoms with E-state index < -0.39 is 8.32 Å². The third-order valence-electron chi connectivity index (χ3n) is 6.16. The number of anilines is 2. The minimum absolute atomic E-state index is 0.274. The normalized spacial score (nSPS) is 16.6. The molecule has 1 fully saturated rings. The van der Waals surface area contributed by atoms with Crippen molar-refractivity contribution < 1.29 is 9.16 Å². The van der Waals surface area contributed by atoms with E-state index >= 15 is 0 Å². The van der Waals surface area contributed by atoms with E-state index in [0.29, 0.717) is 6.61 Å². The molecule has 0 aromatic heterocycles. The van der Waals surface area contributed by atoms with Crippen molar-refractivity contribution in [1.29, 1.82) is 0 Å². The second kappa shape index (κ2) is 10.1. The Morgan fingerprint density at radius 3 is 2.32 bits per heavy atom. The minimum Gasteiger partial charge on any atom is -0.417 e. The van der Waals surface area contributed by atoms with E-state index in [1.807, 2.05) is 6.07 Å². The van der Waals surface area contributed by atoms with Gasteiger partial charge < -0.3 is 24.7 Å². The molecule has 0 atom stereocenters. The molecule has 1 aliphatic heterocycles. The highest BCUT2D eigenvalue weighted by molar-refractivity contribution is 6.74. The number of ether oxygens (including phenoxy) is 1. The number of likely N-dealkylation sites (N-methyl/N-ethyl adjacent to an activating group) is 1. The van der Waals surface area contributed by atoms with Crippen molar-refractivity contribution in [1.82, 2.24) is 4.90 Å². The number of nitrogens with zero attached hydrogens (tertiary/aromatic N) is 2. The van der Waals surface area contributed by atoms with Gasteiger partial charge >= 0.3 is 0 Å². The summed E-state index contributed by atoms with van der Waals surface area (Å²) < 4.78 is 12.2. The van der Waals surface area contributed by atoms with Crippen molar-refractivity contribution in [2.75, 3.05) is 57.1 Å². The van der Waals surface area contributed by atoms with Crippen LogP contribution >= 0.6 is 0 Å². The molecule has 0 unspecified atom stereocenters. The summed E-state index contributed by atoms with van der Waals surface area (Å²) in [4.78, 5) is 4.82. The van der Waals surface area contributed by atoms with Crippen LogP contribution < -0.4 is 10.6 Å². The second-order valence-corrected chi connectivity index (χ2v) is 14.4. The zero-order chi connectivity index (χ0) is 20.8. The fourth-order valence-electron chi connectivity index (χ4n) is 3.11. The van der Waals surface area contributed by atoms with Gasteiger partial charge in [0, 0.05) is 56.3 Å². The maximum absolute atomic E-state index is 6.24. The fraction of sp³-hybridized carbons (Fsp3) is 0.727. The van der Waals surface area contributed by atoms with Crippen LogP contribution in [0.2, 0.25) is 18.1 Å². The topological polar surface area (TPSA) is 51.0 Å². The molecule has 1 aromatic rings. The summed E-state index contributed by atoms with van der Waals surface area (Å²) in [7, 11) is 0.552. The van der Waals surface area contributed by atoms with Gasteiger partial charge in [-0.1, -0.05) is 20.8 Å². The van der Waals surface area contributed by atoms with Gasteiger partial charge in [-0.3, -0.25) is 0 Å². The van der Waals surface area contributed by atoms with E-state index in [1.165, 1.54) is 11.3 Å². The summed E-state index contributed by atoms with van der Waals surface area (Å²) in [6.45, 7) is 18.0. The average molecular weight is 408 g/mol. The van der Waals surface area contributed by atoms with Crippen LogP contribution in [0, 0.1) is 0 Å². The predicted molar refractivity (Wildman–Crippen MR) is 123 cm³/mol. The molecule has 6 heteroatoms. The van der Waals surface area contributed by atoms with E-state index in [9.17, 15) is 0 Å². The zero-order valence-electron chi connectivity index (χ0n) is 18.9. The van der Waals surface area contributed by atoms with Crippen LogP contribution in [-0.2, 0) is 15.8 Å². The Morgan fingerprint density at radius 1 is 1.04 bits per heavy atom. The number of piperazine rings is 1. The zero-order valence-corrected chi connectivity index (χ0v) is 19.9. The van der Waals surface area contributed by atoms with Crippen molar-refractivity contribution in [2.45, 2.75) is 58.4 Å². The van der Waals surface area contributed by atoms with Crippen molar-refractivity contribution in [3.05, 3.63) is 23.8 Å². The molecule has 0 radical (unpaired) electrons. The van der Waals surface area contributed by atoms with E-state index in [2.05, 4.69) is 62.8 Å². The van der Waals surface area contributed by atoms with Crippen LogP contribution in [0.15, 0.2) is 18.2 Å². The monoisotopic (exact) mass is 407 g/mol. The van der Waals surface area contributed by atoms with Crippen LogP contribution in [0.5, 0.6) is 0 Å². The lowest BCUT2D eigenvalue weighted by atomic mass is 10.1. The maximum Gasteiger partial charge on any atom is 0.191 e. The predicted octanol–water partition coefficient (Wildman–Crippen LogP) is 4.34. The molecule has 5 nitrogen and oxygen atoms in total. The van der Waals surface area contributed by atoms with Crippen LogP contribution in [0.3, 0.4) is 0 Å². The lowest BCUT2D eigenvalue weighted by Gasteiger charge is -2.36. The van der Waals surface area contributed by atoms with Gasteiger partial charge in [-0.15, -0.1) is 0 Å². The highest BCUT2D eigenvalue weighted by Crippen LogP contribution is 2.36. The summed E-state index contributed by atoms with van der Waals surface area (Å²) in [5, 5.41) is 0.274. The quantitative estimate of drug-likeness (QED) is 0.375. The summed E-state index contributed by atoms with van der Waals surface area (Å²) in [6, 6.07) is 6.20. The van der Waals surface area contributed by atoms with Gasteiger partial charge in [0.15, 0.2) is 8.32 Å². The first-order valence-electron chi connectivity index (χ1n) is 10.6. The van der Waals surface area contributed by atoms with Crippen LogP contribution in [0.1, 0.15) is 39.2 Å². The number of benzene rings is 1. The molecule has 0 amide bonds. The van der Waals surface area contributed by atoms with Gasteiger partial charge in [0.2, 0.25) is 0 Å². The van der Waals surface area contributed by atoms with Gasteiger partial charge in [-0.05, 0) is 56.2 Å². The molecule has 160 valence electrons. The third-order valence-corrected chi connectivity index (χ3v) is 10.7. The molecule has 0 bridgehead atoms. The van der Waals surface area contributed by atoms with Crippen molar-refractivity contribution in [2.24, 2.45) is 0 Å². The fourth-order valence-corrected chi connectivity index (χ4v) is 4.20. The first-order chi connectivity index (χ1) is 13.1. The summed E-state index contributed by atoms with van der Waals surface area (Å²) >= 11 is 0. The number of hydrogen-bond acceptors (Lipinski definition) is 5. The smallest absolute Gasteiger partial charge is 0.191 e. The van der Waals surface area contributed by atoms with E-state index in [-0.39, 0.29) is 5.04 Å². The molecule has 0 saturated carbocycles. The molecule has 1 aliphatic rings. The van der Waals surface area contributed by atoms with Crippen LogP contribution in [0.25, 0.3) is 0 Å². The van der Waals surface area contributed by atoms with E-state index in [1.54, 1.807) is 0 Å². The molecule has 1 aromatic carbocycles. The number of hydrogen-bond donors (Lipinski definition) is 1. The highest BCUT2D eigenvalue weighted by Gasteiger charge is 2.36. The maximum atomic E-state index is 6.24. The molecule has 0 spiro atoms. The molecule has 1 saturated heterocycles. The van der Waals surface area contributed by atoms with Gasteiger partial charge in [0.05, 0.1) is 6.61 Å². The molecule has 28 heavy (non-hydrogen) atoms. The standard InChI is InChI=1S/C22H41N3O2Si/c1-22(2,3)28(5,6)27-16-8-7-15-26-18-19-17-20(23)9-10-21(19)25-13-11-24(4)12-14-25/h9-10,17H,7-8,11-16,18,23H2,1-6H3. The minimum atomic E-state index is -1.63. The molecule has 0 aliphatic carbocycles. The lowest BCUT2D eigenvalue weighted by molar-refractivity contribution is 0.113. The Balaban J connectivity index is 1.75. The Morgan fingerprint density at radius 2 is 1.68 bits per heavy atom. The van der Waals surface area contributed by atoms with Crippen molar-refractivity contribution in [3.63, 3.8) is 0 Å². The summed E-state index contributed by atoms with van der Waals surface area (Å²) in [5.41, 5.74) is 9.30. The highest BCUT2D eigenvalue weighted by atomic mass is 28.4. The average Bonchev–Trinajstić information content (AvgIpc) is 2.61. The Kier molecular flexibility index (Phi) is 8.37. The molecule has 2 N–H and O–H groups in total.